The van der Waals surface area contributed by atoms with Crippen molar-refractivity contribution in [3.8, 4) is 0 Å². The molecule has 0 spiro atoms. The molecule has 0 aromatic heterocycles. The van der Waals surface area contributed by atoms with Gasteiger partial charge in [0.1, 0.15) is 0 Å². The number of hydrogen-bond acceptors (Lipinski definition) is 4. The molecule has 0 N–H and O–H groups in total. The maximum atomic E-state index is 13.1. The Kier molecular flexibility index (Phi) is 6.55. The van der Waals surface area contributed by atoms with Gasteiger partial charge in [0, 0.05) is 32.2 Å². The molecule has 7 heteroatoms. The third-order valence-corrected chi connectivity index (χ3v) is 8.14. The van der Waals surface area contributed by atoms with Crippen molar-refractivity contribution in [2.45, 2.75) is 30.9 Å². The number of carbonyl (C=O) groups is 1. The number of rotatable bonds is 5. The highest BCUT2D eigenvalue weighted by Crippen LogP contribution is 2.24. The van der Waals surface area contributed by atoms with Gasteiger partial charge in [0.25, 0.3) is 5.91 Å². The molecule has 0 saturated carbocycles. The van der Waals surface area contributed by atoms with Gasteiger partial charge in [-0.05, 0) is 63.9 Å². The van der Waals surface area contributed by atoms with E-state index in [-0.39, 0.29) is 12.5 Å². The van der Waals surface area contributed by atoms with Crippen molar-refractivity contribution in [1.82, 2.24) is 14.1 Å². The second-order valence-corrected chi connectivity index (χ2v) is 10.3. The number of benzene rings is 1. The molecule has 150 valence electrons. The van der Waals surface area contributed by atoms with Crippen molar-refractivity contribution >= 4 is 15.9 Å². The van der Waals surface area contributed by atoms with Gasteiger partial charge in [-0.25, -0.2) is 12.7 Å². The summed E-state index contributed by atoms with van der Waals surface area (Å²) in [6, 6.07) is 9.11. The van der Waals surface area contributed by atoms with Gasteiger partial charge in [0.15, 0.2) is 0 Å². The van der Waals surface area contributed by atoms with Crippen molar-refractivity contribution in [2.24, 2.45) is 5.92 Å². The summed E-state index contributed by atoms with van der Waals surface area (Å²) >= 11 is 0. The fourth-order valence-corrected chi connectivity index (χ4v) is 5.86. The van der Waals surface area contributed by atoms with Crippen LogP contribution < -0.4 is 0 Å². The minimum absolute atomic E-state index is 0.0755. The van der Waals surface area contributed by atoms with Crippen LogP contribution in [0.2, 0.25) is 0 Å². The van der Waals surface area contributed by atoms with E-state index >= 15 is 0 Å². The van der Waals surface area contributed by atoms with Crippen LogP contribution in [0.1, 0.15) is 36.0 Å². The highest BCUT2D eigenvalue weighted by atomic mass is 32.2. The predicted molar refractivity (Wildman–Crippen MR) is 107 cm³/mol. The van der Waals surface area contributed by atoms with Gasteiger partial charge in [-0.15, -0.1) is 0 Å². The minimum atomic E-state index is -3.40. The van der Waals surface area contributed by atoms with Crippen LogP contribution in [-0.2, 0) is 10.0 Å². The van der Waals surface area contributed by atoms with Crippen LogP contribution in [-0.4, -0.2) is 80.5 Å². The molecule has 2 heterocycles. The molecule has 3 rings (SSSR count). The monoisotopic (exact) mass is 393 g/mol. The summed E-state index contributed by atoms with van der Waals surface area (Å²) in [5, 5.41) is -0.504. The Balaban J connectivity index is 1.62. The minimum Gasteiger partial charge on any atom is -0.337 e. The summed E-state index contributed by atoms with van der Waals surface area (Å²) in [4.78, 5) is 16.7. The zero-order chi connectivity index (χ0) is 19.4. The van der Waals surface area contributed by atoms with Crippen molar-refractivity contribution in [1.29, 1.82) is 0 Å². The molecular formula is C20H31N3O3S. The first-order valence-electron chi connectivity index (χ1n) is 9.86. The van der Waals surface area contributed by atoms with E-state index in [1.54, 1.807) is 28.4 Å². The molecule has 2 aliphatic rings. The van der Waals surface area contributed by atoms with Crippen LogP contribution in [0.25, 0.3) is 0 Å². The van der Waals surface area contributed by atoms with Gasteiger partial charge in [-0.3, -0.25) is 4.79 Å². The fraction of sp³-hybridized carbons (Fsp3) is 0.650. The fourth-order valence-electron chi connectivity index (χ4n) is 4.10. The Morgan fingerprint density at radius 2 is 1.78 bits per heavy atom. The van der Waals surface area contributed by atoms with Gasteiger partial charge in [-0.1, -0.05) is 18.2 Å². The SMILES string of the molecule is CN1CCC(CN(C)S(=O)(=O)[C@H]2CCCN(C(=O)c3ccccc3)C2)CC1. The van der Waals surface area contributed by atoms with Crippen LogP contribution in [0.4, 0.5) is 0 Å². The molecule has 1 amide bonds. The number of likely N-dealkylation sites (tertiary alicyclic amines) is 2. The van der Waals surface area contributed by atoms with Crippen LogP contribution in [0.5, 0.6) is 0 Å². The Morgan fingerprint density at radius 3 is 2.44 bits per heavy atom. The number of piperidine rings is 2. The van der Waals surface area contributed by atoms with Crippen LogP contribution in [0, 0.1) is 5.92 Å². The predicted octanol–water partition coefficient (Wildman–Crippen LogP) is 1.89. The van der Waals surface area contributed by atoms with E-state index in [9.17, 15) is 13.2 Å². The van der Waals surface area contributed by atoms with E-state index in [1.165, 1.54) is 0 Å². The van der Waals surface area contributed by atoms with Crippen LogP contribution >= 0.6 is 0 Å². The molecule has 1 aromatic carbocycles. The van der Waals surface area contributed by atoms with Gasteiger partial charge in [-0.2, -0.15) is 0 Å². The molecule has 1 atom stereocenters. The zero-order valence-corrected chi connectivity index (χ0v) is 17.2. The van der Waals surface area contributed by atoms with Gasteiger partial charge in [0.2, 0.25) is 10.0 Å². The Morgan fingerprint density at radius 1 is 1.11 bits per heavy atom. The van der Waals surface area contributed by atoms with E-state index < -0.39 is 15.3 Å². The van der Waals surface area contributed by atoms with Crippen LogP contribution in [0.15, 0.2) is 30.3 Å². The average molecular weight is 394 g/mol. The second kappa shape index (κ2) is 8.71. The van der Waals surface area contributed by atoms with Crippen molar-refractivity contribution in [3.05, 3.63) is 35.9 Å². The topological polar surface area (TPSA) is 60.9 Å². The van der Waals surface area contributed by atoms with Crippen LogP contribution in [0.3, 0.4) is 0 Å². The standard InChI is InChI=1S/C20H31N3O3S/c1-21-13-10-17(11-14-21)15-22(2)27(25,26)19-9-6-12-23(16-19)20(24)18-7-4-3-5-8-18/h3-5,7-8,17,19H,6,9-16H2,1-2H3/t19-/m0/s1. The van der Waals surface area contributed by atoms with E-state index in [4.69, 9.17) is 0 Å². The van der Waals surface area contributed by atoms with Crippen molar-refractivity contribution < 1.29 is 13.2 Å². The first-order valence-corrected chi connectivity index (χ1v) is 11.4. The third-order valence-electron chi connectivity index (χ3n) is 5.90. The largest absolute Gasteiger partial charge is 0.337 e. The lowest BCUT2D eigenvalue weighted by Crippen LogP contribution is -2.49. The molecule has 0 unspecified atom stereocenters. The number of nitrogens with zero attached hydrogens (tertiary/aromatic N) is 3. The average Bonchev–Trinajstić information content (AvgIpc) is 2.70. The molecule has 0 bridgehead atoms. The second-order valence-electron chi connectivity index (χ2n) is 7.95. The number of sulfonamides is 1. The first-order chi connectivity index (χ1) is 12.9. The quantitative estimate of drug-likeness (QED) is 0.767. The molecule has 27 heavy (non-hydrogen) atoms. The molecule has 1 aromatic rings. The number of hydrogen-bond donors (Lipinski definition) is 0. The highest BCUT2D eigenvalue weighted by Gasteiger charge is 2.36. The maximum Gasteiger partial charge on any atom is 0.253 e. The molecule has 0 aliphatic carbocycles. The Bertz CT molecular complexity index is 730. The van der Waals surface area contributed by atoms with E-state index in [0.717, 1.165) is 32.4 Å². The lowest BCUT2D eigenvalue weighted by Gasteiger charge is -2.36. The van der Waals surface area contributed by atoms with E-state index in [1.807, 2.05) is 18.2 Å². The first kappa shape index (κ1) is 20.3. The molecule has 2 aliphatic heterocycles. The van der Waals surface area contributed by atoms with Crippen molar-refractivity contribution in [2.75, 3.05) is 46.8 Å². The summed E-state index contributed by atoms with van der Waals surface area (Å²) in [5.74, 6) is 0.347. The normalized spacial score (nSPS) is 22.9. The maximum absolute atomic E-state index is 13.1. The molecule has 0 radical (unpaired) electrons. The number of amides is 1. The summed E-state index contributed by atoms with van der Waals surface area (Å²) in [5.41, 5.74) is 0.621. The molecular weight excluding hydrogens is 362 g/mol. The molecule has 2 saturated heterocycles. The van der Waals surface area contributed by atoms with E-state index in [2.05, 4.69) is 11.9 Å². The number of carbonyl (C=O) groups excluding carboxylic acids is 1. The molecule has 6 nitrogen and oxygen atoms in total. The van der Waals surface area contributed by atoms with Crippen molar-refractivity contribution in [3.63, 3.8) is 0 Å². The smallest absolute Gasteiger partial charge is 0.253 e. The van der Waals surface area contributed by atoms with Gasteiger partial charge < -0.3 is 9.80 Å². The summed E-state index contributed by atoms with van der Waals surface area (Å²) in [6.07, 6.45) is 3.43. The molecule has 2 fully saturated rings. The Labute approximate surface area is 163 Å². The third kappa shape index (κ3) is 4.89. The summed E-state index contributed by atoms with van der Waals surface area (Å²) < 4.78 is 27.8. The Hall–Kier alpha value is -1.44. The summed E-state index contributed by atoms with van der Waals surface area (Å²) in [7, 11) is 0.410. The van der Waals surface area contributed by atoms with E-state index in [0.29, 0.717) is 31.0 Å². The lowest BCUT2D eigenvalue weighted by atomic mass is 9.97. The summed E-state index contributed by atoms with van der Waals surface area (Å²) in [6.45, 7) is 3.55. The highest BCUT2D eigenvalue weighted by molar-refractivity contribution is 7.89. The van der Waals surface area contributed by atoms with Gasteiger partial charge in [0.05, 0.1) is 5.25 Å². The zero-order valence-electron chi connectivity index (χ0n) is 16.4. The lowest BCUT2D eigenvalue weighted by molar-refractivity contribution is 0.0725. The van der Waals surface area contributed by atoms with Gasteiger partial charge >= 0.3 is 0 Å².